The summed E-state index contributed by atoms with van der Waals surface area (Å²) in [6.45, 7) is 2.25. The monoisotopic (exact) mass is 290 g/mol. The van der Waals surface area contributed by atoms with E-state index in [1.165, 1.54) is 25.7 Å². The van der Waals surface area contributed by atoms with E-state index in [0.29, 0.717) is 23.7 Å². The summed E-state index contributed by atoms with van der Waals surface area (Å²) in [4.78, 5) is 0. The van der Waals surface area contributed by atoms with E-state index >= 15 is 0 Å². The average Bonchev–Trinajstić information content (AvgIpc) is 3.17. The van der Waals surface area contributed by atoms with Crippen molar-refractivity contribution < 1.29 is 13.9 Å². The molecule has 2 aliphatic carbocycles. The molecule has 1 aromatic rings. The standard InChI is InChI=1S/C18H23FO2/c1-13-16(20-12-4-5-14-8-9-14)10-11-17(18(13)19)21-15-6-2-3-7-15/h4-5,10-11,14-15H,2-3,6-9,12H2,1H3/b5-4+. The zero-order valence-corrected chi connectivity index (χ0v) is 12.6. The first-order valence-electron chi connectivity index (χ1n) is 7.99. The SMILES string of the molecule is Cc1c(OC/C=C/C2CC2)ccc(OC2CCCC2)c1F. The predicted octanol–water partition coefficient (Wildman–Crippen LogP) is 4.80. The molecule has 21 heavy (non-hydrogen) atoms. The van der Waals surface area contributed by atoms with Crippen molar-refractivity contribution in [1.29, 1.82) is 0 Å². The maximum absolute atomic E-state index is 14.3. The third-order valence-electron chi connectivity index (χ3n) is 4.26. The fourth-order valence-corrected chi connectivity index (χ4v) is 2.75. The van der Waals surface area contributed by atoms with E-state index in [1.54, 1.807) is 13.0 Å². The highest BCUT2D eigenvalue weighted by atomic mass is 19.1. The fraction of sp³-hybridized carbons (Fsp3) is 0.556. The van der Waals surface area contributed by atoms with Crippen LogP contribution in [0.25, 0.3) is 0 Å². The quantitative estimate of drug-likeness (QED) is 0.701. The molecule has 2 aliphatic rings. The van der Waals surface area contributed by atoms with Gasteiger partial charge in [-0.25, -0.2) is 4.39 Å². The van der Waals surface area contributed by atoms with Crippen molar-refractivity contribution in [2.24, 2.45) is 5.92 Å². The second-order valence-electron chi connectivity index (χ2n) is 6.10. The van der Waals surface area contributed by atoms with Crippen LogP contribution in [0.1, 0.15) is 44.1 Å². The van der Waals surface area contributed by atoms with Gasteiger partial charge < -0.3 is 9.47 Å². The molecule has 0 saturated heterocycles. The molecule has 0 spiro atoms. The minimum atomic E-state index is -0.287. The molecule has 0 unspecified atom stereocenters. The highest BCUT2D eigenvalue weighted by Crippen LogP contribution is 2.32. The molecular formula is C18H23FO2. The maximum atomic E-state index is 14.3. The molecule has 3 rings (SSSR count). The van der Waals surface area contributed by atoms with Crippen LogP contribution in [-0.2, 0) is 0 Å². The van der Waals surface area contributed by atoms with Crippen LogP contribution in [0.4, 0.5) is 4.39 Å². The summed E-state index contributed by atoms with van der Waals surface area (Å²) in [5, 5.41) is 0. The van der Waals surface area contributed by atoms with Crippen molar-refractivity contribution >= 4 is 0 Å². The summed E-state index contributed by atoms with van der Waals surface area (Å²) in [6, 6.07) is 3.51. The minimum absolute atomic E-state index is 0.173. The van der Waals surface area contributed by atoms with Gasteiger partial charge in [-0.1, -0.05) is 12.2 Å². The number of hydrogen-bond donors (Lipinski definition) is 0. The molecule has 0 bridgehead atoms. The van der Waals surface area contributed by atoms with Gasteiger partial charge in [0.2, 0.25) is 0 Å². The summed E-state index contributed by atoms with van der Waals surface area (Å²) in [5.41, 5.74) is 0.533. The van der Waals surface area contributed by atoms with E-state index < -0.39 is 0 Å². The van der Waals surface area contributed by atoms with Crippen LogP contribution in [0, 0.1) is 18.7 Å². The highest BCUT2D eigenvalue weighted by molar-refractivity contribution is 5.41. The van der Waals surface area contributed by atoms with Gasteiger partial charge in [0.1, 0.15) is 12.4 Å². The Morgan fingerprint density at radius 1 is 1.14 bits per heavy atom. The Bertz CT molecular complexity index is 514. The van der Waals surface area contributed by atoms with Gasteiger partial charge in [-0.05, 0) is 63.5 Å². The van der Waals surface area contributed by atoms with E-state index in [2.05, 4.69) is 6.08 Å². The molecule has 1 aromatic carbocycles. The molecule has 114 valence electrons. The normalized spacial score (nSPS) is 19.3. The van der Waals surface area contributed by atoms with Crippen molar-refractivity contribution in [3.05, 3.63) is 35.7 Å². The Labute approximate surface area is 126 Å². The lowest BCUT2D eigenvalue weighted by molar-refractivity contribution is 0.199. The van der Waals surface area contributed by atoms with Crippen LogP contribution in [0.2, 0.25) is 0 Å². The summed E-state index contributed by atoms with van der Waals surface area (Å²) in [7, 11) is 0. The van der Waals surface area contributed by atoms with E-state index in [0.717, 1.165) is 18.8 Å². The lowest BCUT2D eigenvalue weighted by Crippen LogP contribution is -2.12. The third-order valence-corrected chi connectivity index (χ3v) is 4.26. The summed E-state index contributed by atoms with van der Waals surface area (Å²) in [5.74, 6) is 1.42. The van der Waals surface area contributed by atoms with Crippen molar-refractivity contribution in [3.63, 3.8) is 0 Å². The lowest BCUT2D eigenvalue weighted by Gasteiger charge is -2.16. The molecule has 0 aromatic heterocycles. The summed E-state index contributed by atoms with van der Waals surface area (Å²) in [6.07, 6.45) is 11.4. The van der Waals surface area contributed by atoms with Crippen molar-refractivity contribution in [2.45, 2.75) is 51.6 Å². The second-order valence-corrected chi connectivity index (χ2v) is 6.10. The van der Waals surface area contributed by atoms with Gasteiger partial charge in [0.05, 0.1) is 6.10 Å². The molecule has 0 radical (unpaired) electrons. The zero-order valence-electron chi connectivity index (χ0n) is 12.6. The van der Waals surface area contributed by atoms with Crippen molar-refractivity contribution in [1.82, 2.24) is 0 Å². The molecular weight excluding hydrogens is 267 g/mol. The van der Waals surface area contributed by atoms with Gasteiger partial charge in [0, 0.05) is 5.56 Å². The summed E-state index contributed by atoms with van der Waals surface area (Å²) < 4.78 is 25.7. The number of benzene rings is 1. The molecule has 0 heterocycles. The van der Waals surface area contributed by atoms with Gasteiger partial charge in [0.25, 0.3) is 0 Å². The Morgan fingerprint density at radius 3 is 2.57 bits per heavy atom. The zero-order chi connectivity index (χ0) is 14.7. The first-order valence-corrected chi connectivity index (χ1v) is 7.99. The number of rotatable bonds is 6. The molecule has 3 heteroatoms. The van der Waals surface area contributed by atoms with E-state index in [9.17, 15) is 4.39 Å². The lowest BCUT2D eigenvalue weighted by atomic mass is 10.2. The van der Waals surface area contributed by atoms with Crippen LogP contribution in [-0.4, -0.2) is 12.7 Å². The highest BCUT2D eigenvalue weighted by Gasteiger charge is 2.20. The first kappa shape index (κ1) is 14.4. The Kier molecular flexibility index (Phi) is 4.47. The number of allylic oxidation sites excluding steroid dienone is 1. The third kappa shape index (κ3) is 3.78. The minimum Gasteiger partial charge on any atom is -0.489 e. The molecule has 0 aliphatic heterocycles. The molecule has 0 amide bonds. The van der Waals surface area contributed by atoms with Crippen LogP contribution in [0.15, 0.2) is 24.3 Å². The van der Waals surface area contributed by atoms with Crippen molar-refractivity contribution in [3.8, 4) is 11.5 Å². The topological polar surface area (TPSA) is 18.5 Å². The Balaban J connectivity index is 1.60. The van der Waals surface area contributed by atoms with Gasteiger partial charge in [-0.3, -0.25) is 0 Å². The second kappa shape index (κ2) is 6.50. The summed E-state index contributed by atoms with van der Waals surface area (Å²) >= 11 is 0. The Morgan fingerprint density at radius 2 is 1.86 bits per heavy atom. The van der Waals surface area contributed by atoms with Crippen LogP contribution >= 0.6 is 0 Å². The van der Waals surface area contributed by atoms with Gasteiger partial charge in [-0.15, -0.1) is 0 Å². The maximum Gasteiger partial charge on any atom is 0.171 e. The van der Waals surface area contributed by atoms with Gasteiger partial charge in [0.15, 0.2) is 11.6 Å². The van der Waals surface area contributed by atoms with E-state index in [-0.39, 0.29) is 11.9 Å². The Hall–Kier alpha value is -1.51. The molecule has 0 N–H and O–H groups in total. The fourth-order valence-electron chi connectivity index (χ4n) is 2.75. The van der Waals surface area contributed by atoms with Crippen LogP contribution in [0.5, 0.6) is 11.5 Å². The molecule has 2 saturated carbocycles. The van der Waals surface area contributed by atoms with E-state index in [1.807, 2.05) is 12.1 Å². The van der Waals surface area contributed by atoms with Crippen molar-refractivity contribution in [2.75, 3.05) is 6.61 Å². The molecule has 2 nitrogen and oxygen atoms in total. The average molecular weight is 290 g/mol. The smallest absolute Gasteiger partial charge is 0.171 e. The van der Waals surface area contributed by atoms with Gasteiger partial charge >= 0.3 is 0 Å². The van der Waals surface area contributed by atoms with E-state index in [4.69, 9.17) is 9.47 Å². The number of ether oxygens (including phenoxy) is 2. The van der Waals surface area contributed by atoms with Crippen LogP contribution in [0.3, 0.4) is 0 Å². The largest absolute Gasteiger partial charge is 0.489 e. The number of halogens is 1. The van der Waals surface area contributed by atoms with Gasteiger partial charge in [-0.2, -0.15) is 0 Å². The number of hydrogen-bond acceptors (Lipinski definition) is 2. The molecule has 0 atom stereocenters. The predicted molar refractivity (Wildman–Crippen MR) is 81.4 cm³/mol. The molecule has 2 fully saturated rings. The van der Waals surface area contributed by atoms with Crippen LogP contribution < -0.4 is 9.47 Å². The first-order chi connectivity index (χ1) is 10.2.